The Balaban J connectivity index is 1.34. The molecule has 0 aromatic heterocycles. The third-order valence-electron chi connectivity index (χ3n) is 9.88. The van der Waals surface area contributed by atoms with Gasteiger partial charge in [-0.25, -0.2) is 28.8 Å². The Morgan fingerprint density at radius 1 is 0.221 bits per heavy atom. The predicted molar refractivity (Wildman–Crippen MR) is 245 cm³/mol. The maximum atomic E-state index is 15.4. The highest BCUT2D eigenvalue weighted by Gasteiger charge is 2.34. The Morgan fingerprint density at radius 2 is 0.426 bits per heavy atom. The largest absolute Gasteiger partial charge is 0.419 e. The number of rotatable bonds is 14. The van der Waals surface area contributed by atoms with Crippen molar-refractivity contribution < 1.29 is 62.0 Å². The van der Waals surface area contributed by atoms with E-state index in [1.54, 1.807) is 109 Å². The van der Waals surface area contributed by atoms with Gasteiger partial charge in [0.25, 0.3) is 0 Å². The van der Waals surface area contributed by atoms with Gasteiger partial charge in [-0.2, -0.15) is 0 Å². The lowest BCUT2D eigenvalue weighted by molar-refractivity contribution is 0.0654. The molecule has 0 amide bonds. The number of benzene rings is 8. The molecule has 0 aliphatic rings. The summed E-state index contributed by atoms with van der Waals surface area (Å²) in [7, 11) is 0. The Bertz CT molecular complexity index is 2950. The Hall–Kier alpha value is -9.75. The highest BCUT2D eigenvalue weighted by atomic mass is 16.6. The Labute approximate surface area is 387 Å². The Kier molecular flexibility index (Phi) is 13.7. The average Bonchev–Trinajstić information content (AvgIpc) is 3.39. The zero-order valence-corrected chi connectivity index (χ0v) is 35.4. The second-order valence-electron chi connectivity index (χ2n) is 14.4. The number of hydrogen-bond donors (Lipinski definition) is 0. The van der Waals surface area contributed by atoms with Crippen LogP contribution in [0.25, 0.3) is 0 Å². The molecule has 8 rings (SSSR count). The van der Waals surface area contributed by atoms with E-state index in [4.69, 9.17) is 28.4 Å². The molecule has 13 heteroatoms. The third-order valence-corrected chi connectivity index (χ3v) is 9.88. The monoisotopic (exact) mass is 902 g/mol. The second kappa shape index (κ2) is 20.8. The molecule has 68 heavy (non-hydrogen) atoms. The van der Waals surface area contributed by atoms with Crippen molar-refractivity contribution >= 4 is 41.6 Å². The smallest absolute Gasteiger partial charge is 0.343 e. The van der Waals surface area contributed by atoms with E-state index in [2.05, 4.69) is 0 Å². The number of hydrogen-bond acceptors (Lipinski definition) is 13. The number of esters is 6. The number of ketones is 1. The van der Waals surface area contributed by atoms with Gasteiger partial charge in [-0.1, -0.05) is 109 Å². The van der Waals surface area contributed by atoms with Gasteiger partial charge in [0.2, 0.25) is 17.3 Å². The van der Waals surface area contributed by atoms with E-state index in [1.165, 1.54) is 72.8 Å². The molecule has 0 aliphatic heterocycles. The molecule has 0 atom stereocenters. The SMILES string of the molecule is O=C(Oc1ccc(C(=O)c2ccc(OC(=O)c3ccccc3)c(OC(=O)c3ccccc3)c2OC(=O)c2ccccc2)c(OC(=O)c2ccccc2)c1OC(=O)c1ccccc1)c1ccccc1. The molecular formula is C55H34O13. The summed E-state index contributed by atoms with van der Waals surface area (Å²) >= 11 is 0. The number of ether oxygens (including phenoxy) is 6. The third kappa shape index (κ3) is 10.4. The fourth-order valence-electron chi connectivity index (χ4n) is 6.52. The summed E-state index contributed by atoms with van der Waals surface area (Å²) in [5, 5.41) is 0. The minimum absolute atomic E-state index is 0.00935. The van der Waals surface area contributed by atoms with Crippen LogP contribution in [0, 0.1) is 0 Å². The van der Waals surface area contributed by atoms with E-state index >= 15 is 4.79 Å². The fourth-order valence-corrected chi connectivity index (χ4v) is 6.52. The van der Waals surface area contributed by atoms with E-state index in [0.717, 1.165) is 24.3 Å². The summed E-state index contributed by atoms with van der Waals surface area (Å²) in [5.74, 6) is -10.5. The molecule has 8 aromatic rings. The van der Waals surface area contributed by atoms with Gasteiger partial charge in [0.1, 0.15) is 0 Å². The quantitative estimate of drug-likeness (QED) is 0.0573. The normalized spacial score (nSPS) is 10.5. The molecule has 0 saturated heterocycles. The van der Waals surface area contributed by atoms with E-state index < -0.39 is 87.2 Å². The maximum absolute atomic E-state index is 15.4. The van der Waals surface area contributed by atoms with Crippen LogP contribution < -0.4 is 28.4 Å². The minimum atomic E-state index is -1.08. The summed E-state index contributed by atoms with van der Waals surface area (Å²) in [5.41, 5.74) is -0.717. The molecule has 0 aliphatic carbocycles. The van der Waals surface area contributed by atoms with Crippen LogP contribution in [-0.2, 0) is 0 Å². The van der Waals surface area contributed by atoms with Gasteiger partial charge in [-0.15, -0.1) is 0 Å². The summed E-state index contributed by atoms with van der Waals surface area (Å²) in [4.78, 5) is 98.1. The van der Waals surface area contributed by atoms with Gasteiger partial charge >= 0.3 is 35.8 Å². The summed E-state index contributed by atoms with van der Waals surface area (Å²) in [6, 6.07) is 50.9. The van der Waals surface area contributed by atoms with Gasteiger partial charge in [0.15, 0.2) is 23.0 Å². The van der Waals surface area contributed by atoms with E-state index in [1.807, 2.05) is 0 Å². The van der Waals surface area contributed by atoms with Crippen LogP contribution in [0.3, 0.4) is 0 Å². The lowest BCUT2D eigenvalue weighted by Crippen LogP contribution is -2.19. The fraction of sp³-hybridized carbons (Fsp3) is 0. The average molecular weight is 903 g/mol. The topological polar surface area (TPSA) is 175 Å². The first-order valence-electron chi connectivity index (χ1n) is 20.7. The van der Waals surface area contributed by atoms with Crippen molar-refractivity contribution in [2.24, 2.45) is 0 Å². The van der Waals surface area contributed by atoms with Crippen LogP contribution in [0.4, 0.5) is 0 Å². The van der Waals surface area contributed by atoms with E-state index in [-0.39, 0.29) is 33.4 Å². The standard InChI is InChI=1S/C55H34O13/c56-45(41-31-33-43(63-50(57)35-19-7-1-8-20-35)48(67-54(61)39-27-15-5-16-28-39)46(41)65-52(59)37-23-11-3-12-24-37)42-32-34-44(64-51(58)36-21-9-2-10-22-36)49(68-55(62)40-29-17-6-18-30-40)47(42)66-53(60)38-25-13-4-14-26-38/h1-34H. The summed E-state index contributed by atoms with van der Waals surface area (Å²) in [6.07, 6.45) is 0. The molecule has 0 unspecified atom stereocenters. The van der Waals surface area contributed by atoms with Gasteiger partial charge < -0.3 is 28.4 Å². The van der Waals surface area contributed by atoms with Crippen molar-refractivity contribution in [2.75, 3.05) is 0 Å². The molecule has 0 bridgehead atoms. The first-order chi connectivity index (χ1) is 33.1. The van der Waals surface area contributed by atoms with Crippen molar-refractivity contribution in [1.29, 1.82) is 0 Å². The van der Waals surface area contributed by atoms with Crippen LogP contribution in [-0.4, -0.2) is 41.6 Å². The lowest BCUT2D eigenvalue weighted by Gasteiger charge is -2.20. The molecule has 0 heterocycles. The highest BCUT2D eigenvalue weighted by molar-refractivity contribution is 6.15. The molecule has 8 aromatic carbocycles. The van der Waals surface area contributed by atoms with Crippen molar-refractivity contribution in [1.82, 2.24) is 0 Å². The molecular weight excluding hydrogens is 869 g/mol. The highest BCUT2D eigenvalue weighted by Crippen LogP contribution is 2.46. The van der Waals surface area contributed by atoms with Crippen molar-refractivity contribution in [3.63, 3.8) is 0 Å². The molecule has 0 spiro atoms. The van der Waals surface area contributed by atoms with Crippen LogP contribution in [0.2, 0.25) is 0 Å². The molecule has 0 radical (unpaired) electrons. The van der Waals surface area contributed by atoms with Gasteiger partial charge in [-0.05, 0) is 97.1 Å². The number of carbonyl (C=O) groups excluding carboxylic acids is 7. The first kappa shape index (κ1) is 44.8. The van der Waals surface area contributed by atoms with Gasteiger partial charge in [0, 0.05) is 0 Å². The zero-order chi connectivity index (χ0) is 47.4. The molecule has 0 fully saturated rings. The number of carbonyl (C=O) groups is 7. The van der Waals surface area contributed by atoms with E-state index in [0.29, 0.717) is 0 Å². The first-order valence-corrected chi connectivity index (χ1v) is 20.7. The van der Waals surface area contributed by atoms with Crippen molar-refractivity contribution in [3.8, 4) is 34.5 Å². The molecule has 13 nitrogen and oxygen atoms in total. The zero-order valence-electron chi connectivity index (χ0n) is 35.4. The van der Waals surface area contributed by atoms with Crippen LogP contribution in [0.5, 0.6) is 34.5 Å². The molecule has 332 valence electrons. The van der Waals surface area contributed by atoms with E-state index in [9.17, 15) is 28.8 Å². The lowest BCUT2D eigenvalue weighted by atomic mass is 9.99. The van der Waals surface area contributed by atoms with Crippen LogP contribution in [0.1, 0.15) is 78.1 Å². The van der Waals surface area contributed by atoms with Crippen molar-refractivity contribution in [3.05, 3.63) is 251 Å². The Morgan fingerprint density at radius 3 is 0.662 bits per heavy atom. The van der Waals surface area contributed by atoms with Crippen molar-refractivity contribution in [2.45, 2.75) is 0 Å². The molecule has 0 saturated carbocycles. The second-order valence-corrected chi connectivity index (χ2v) is 14.4. The summed E-state index contributed by atoms with van der Waals surface area (Å²) < 4.78 is 35.2. The van der Waals surface area contributed by atoms with Crippen LogP contribution in [0.15, 0.2) is 206 Å². The summed E-state index contributed by atoms with van der Waals surface area (Å²) in [6.45, 7) is 0. The molecule has 0 N–H and O–H groups in total. The maximum Gasteiger partial charge on any atom is 0.343 e. The predicted octanol–water partition coefficient (Wildman–Crippen LogP) is 10.2. The van der Waals surface area contributed by atoms with Crippen LogP contribution >= 0.6 is 0 Å². The van der Waals surface area contributed by atoms with Gasteiger partial charge in [-0.3, -0.25) is 4.79 Å². The minimum Gasteiger partial charge on any atom is -0.419 e. The van der Waals surface area contributed by atoms with Gasteiger partial charge in [0.05, 0.1) is 44.5 Å².